The molecule has 3 aromatic carbocycles. The smallest absolute Gasteiger partial charge is 0.323 e. The maximum absolute atomic E-state index is 13.9. The Kier molecular flexibility index (Phi) is 9.31. The van der Waals surface area contributed by atoms with Gasteiger partial charge in [0.2, 0.25) is 0 Å². The molecule has 1 aliphatic carbocycles. The van der Waals surface area contributed by atoms with E-state index in [0.29, 0.717) is 45.7 Å². The minimum Gasteiger partial charge on any atom is -0.493 e. The predicted molar refractivity (Wildman–Crippen MR) is 156 cm³/mol. The van der Waals surface area contributed by atoms with Crippen molar-refractivity contribution in [2.45, 2.75) is 44.2 Å². The molecule has 9 nitrogen and oxygen atoms in total. The van der Waals surface area contributed by atoms with Gasteiger partial charge in [-0.15, -0.1) is 0 Å². The molecule has 1 atom stereocenters. The van der Waals surface area contributed by atoms with Crippen LogP contribution in [0.5, 0.6) is 23.0 Å². The van der Waals surface area contributed by atoms with Gasteiger partial charge in [0.25, 0.3) is 5.91 Å². The lowest BCUT2D eigenvalue weighted by molar-refractivity contribution is -0.150. The Hall–Kier alpha value is -4.77. The number of amides is 1. The molecule has 1 fully saturated rings. The van der Waals surface area contributed by atoms with Gasteiger partial charge in [-0.05, 0) is 74.2 Å². The van der Waals surface area contributed by atoms with Gasteiger partial charge in [-0.1, -0.05) is 0 Å². The van der Waals surface area contributed by atoms with Crippen molar-refractivity contribution in [3.63, 3.8) is 0 Å². The van der Waals surface area contributed by atoms with E-state index in [0.717, 1.165) is 37.8 Å². The number of benzene rings is 3. The van der Waals surface area contributed by atoms with E-state index in [1.54, 1.807) is 48.7 Å². The molecule has 0 bridgehead atoms. The fourth-order valence-electron chi connectivity index (χ4n) is 4.77. The van der Waals surface area contributed by atoms with E-state index in [2.05, 4.69) is 10.3 Å². The molecule has 3 N–H and O–H groups in total. The van der Waals surface area contributed by atoms with Crippen LogP contribution in [-0.2, 0) is 9.53 Å². The van der Waals surface area contributed by atoms with Crippen molar-refractivity contribution in [1.29, 1.82) is 0 Å². The van der Waals surface area contributed by atoms with Gasteiger partial charge in [0.05, 0.1) is 24.8 Å². The number of carbonyl (C=O) groups is 2. The summed E-state index contributed by atoms with van der Waals surface area (Å²) >= 11 is 0. The fraction of sp³-hybridized carbons (Fsp3) is 0.281. The van der Waals surface area contributed by atoms with E-state index in [9.17, 15) is 18.4 Å². The zero-order valence-electron chi connectivity index (χ0n) is 23.5. The van der Waals surface area contributed by atoms with Crippen LogP contribution in [0.15, 0.2) is 66.9 Å². The number of fused-ring (bicyclic) bond motifs is 1. The number of esters is 1. The number of hydrogen-bond acceptors (Lipinski definition) is 8. The average Bonchev–Trinajstić information content (AvgIpc) is 3.51. The number of methoxy groups -OCH3 is 1. The Morgan fingerprint density at radius 1 is 1.00 bits per heavy atom. The zero-order chi connectivity index (χ0) is 30.3. The summed E-state index contributed by atoms with van der Waals surface area (Å²) in [4.78, 5) is 29.1. The fourth-order valence-corrected chi connectivity index (χ4v) is 4.77. The summed E-state index contributed by atoms with van der Waals surface area (Å²) in [5.41, 5.74) is 6.74. The first-order valence-electron chi connectivity index (χ1n) is 13.9. The molecule has 1 heterocycles. The van der Waals surface area contributed by atoms with Gasteiger partial charge in [0, 0.05) is 35.8 Å². The molecule has 43 heavy (non-hydrogen) atoms. The SMILES string of the molecule is COc1cc2c(Oc3ccc(NC(=O)c4ccc(F)cc4F)cc3)ccnc2cc1OCCC(N)C(=O)OC1CCCC1. The number of carbonyl (C=O) groups excluding carboxylic acids is 2. The number of pyridine rings is 1. The number of ether oxygens (including phenoxy) is 4. The second kappa shape index (κ2) is 13.5. The maximum atomic E-state index is 13.9. The third-order valence-electron chi connectivity index (χ3n) is 7.08. The Morgan fingerprint density at radius 3 is 2.49 bits per heavy atom. The molecule has 224 valence electrons. The summed E-state index contributed by atoms with van der Waals surface area (Å²) in [6, 6.07) is 13.6. The van der Waals surface area contributed by atoms with Crippen molar-refractivity contribution in [1.82, 2.24) is 4.98 Å². The molecule has 0 spiro atoms. The van der Waals surface area contributed by atoms with Crippen molar-refractivity contribution in [3.05, 3.63) is 84.1 Å². The number of nitrogens with two attached hydrogens (primary N) is 1. The summed E-state index contributed by atoms with van der Waals surface area (Å²) in [7, 11) is 1.51. The van der Waals surface area contributed by atoms with E-state index in [-0.39, 0.29) is 24.7 Å². The van der Waals surface area contributed by atoms with Crippen molar-refractivity contribution < 1.29 is 37.3 Å². The van der Waals surface area contributed by atoms with Gasteiger partial charge in [-0.2, -0.15) is 0 Å². The molecule has 11 heteroatoms. The molecular formula is C32H31F2N3O6. The molecule has 1 aromatic heterocycles. The second-order valence-corrected chi connectivity index (χ2v) is 10.1. The van der Waals surface area contributed by atoms with Crippen LogP contribution < -0.4 is 25.3 Å². The first-order chi connectivity index (χ1) is 20.8. The number of nitrogens with one attached hydrogen (secondary N) is 1. The Labute approximate surface area is 246 Å². The number of hydrogen-bond donors (Lipinski definition) is 2. The van der Waals surface area contributed by atoms with Gasteiger partial charge in [-0.3, -0.25) is 14.6 Å². The lowest BCUT2D eigenvalue weighted by Gasteiger charge is -2.17. The van der Waals surface area contributed by atoms with Gasteiger partial charge in [0.1, 0.15) is 35.3 Å². The number of rotatable bonds is 11. The summed E-state index contributed by atoms with van der Waals surface area (Å²) < 4.78 is 50.1. The minimum absolute atomic E-state index is 0.0416. The van der Waals surface area contributed by atoms with E-state index in [1.165, 1.54) is 7.11 Å². The topological polar surface area (TPSA) is 122 Å². The molecule has 1 unspecified atom stereocenters. The first-order valence-corrected chi connectivity index (χ1v) is 13.9. The molecule has 5 rings (SSSR count). The second-order valence-electron chi connectivity index (χ2n) is 10.1. The molecule has 1 amide bonds. The summed E-state index contributed by atoms with van der Waals surface area (Å²) in [6.07, 6.45) is 5.72. The van der Waals surface area contributed by atoms with Crippen molar-refractivity contribution in [2.75, 3.05) is 19.0 Å². The number of aromatic nitrogens is 1. The van der Waals surface area contributed by atoms with E-state index >= 15 is 0 Å². The van der Waals surface area contributed by atoms with Crippen molar-refractivity contribution >= 4 is 28.5 Å². The largest absolute Gasteiger partial charge is 0.493 e. The molecule has 0 saturated heterocycles. The molecule has 1 aliphatic rings. The number of anilines is 1. The predicted octanol–water partition coefficient (Wildman–Crippen LogP) is 6.15. The van der Waals surface area contributed by atoms with Crippen LogP contribution >= 0.6 is 0 Å². The highest BCUT2D eigenvalue weighted by molar-refractivity contribution is 6.04. The Bertz CT molecular complexity index is 1610. The van der Waals surface area contributed by atoms with E-state index in [1.807, 2.05) is 0 Å². The van der Waals surface area contributed by atoms with Gasteiger partial charge >= 0.3 is 5.97 Å². The summed E-state index contributed by atoms with van der Waals surface area (Å²) in [5.74, 6) is -0.989. The first kappa shape index (κ1) is 29.7. The van der Waals surface area contributed by atoms with Crippen molar-refractivity contribution in [2.24, 2.45) is 5.73 Å². The summed E-state index contributed by atoms with van der Waals surface area (Å²) in [5, 5.41) is 3.24. The highest BCUT2D eigenvalue weighted by Crippen LogP contribution is 2.37. The molecule has 0 radical (unpaired) electrons. The van der Waals surface area contributed by atoms with Crippen LogP contribution in [-0.4, -0.2) is 42.7 Å². The third-order valence-corrected chi connectivity index (χ3v) is 7.08. The molecular weight excluding hydrogens is 560 g/mol. The van der Waals surface area contributed by atoms with E-state index in [4.69, 9.17) is 24.7 Å². The highest BCUT2D eigenvalue weighted by Gasteiger charge is 2.23. The molecule has 1 saturated carbocycles. The average molecular weight is 592 g/mol. The molecule has 0 aliphatic heterocycles. The standard InChI is InChI=1S/C32H31F2N3O6/c1-40-29-17-24-27(18-30(29)41-15-13-26(35)32(39)43-21-4-2-3-5-21)36-14-12-28(24)42-22-9-7-20(8-10-22)37-31(38)23-11-6-19(33)16-25(23)34/h6-12,14,16-18,21,26H,2-5,13,15,35H2,1H3,(H,37,38). The van der Waals surface area contributed by atoms with Crippen LogP contribution in [0, 0.1) is 11.6 Å². The Morgan fingerprint density at radius 2 is 1.77 bits per heavy atom. The zero-order valence-corrected chi connectivity index (χ0v) is 23.5. The lowest BCUT2D eigenvalue weighted by Crippen LogP contribution is -2.35. The van der Waals surface area contributed by atoms with Crippen molar-refractivity contribution in [3.8, 4) is 23.0 Å². The minimum atomic E-state index is -0.950. The normalized spacial score (nSPS) is 13.9. The third kappa shape index (κ3) is 7.36. The Balaban J connectivity index is 1.22. The summed E-state index contributed by atoms with van der Waals surface area (Å²) in [6.45, 7) is 0.176. The van der Waals surface area contributed by atoms with Gasteiger partial charge in [-0.25, -0.2) is 8.78 Å². The van der Waals surface area contributed by atoms with Crippen LogP contribution in [0.1, 0.15) is 42.5 Å². The van der Waals surface area contributed by atoms with Gasteiger partial charge < -0.3 is 30.0 Å². The van der Waals surface area contributed by atoms with E-state index < -0.39 is 29.6 Å². The lowest BCUT2D eigenvalue weighted by atomic mass is 10.1. The quantitative estimate of drug-likeness (QED) is 0.199. The maximum Gasteiger partial charge on any atom is 0.323 e. The monoisotopic (exact) mass is 591 g/mol. The number of nitrogens with zero attached hydrogens (tertiary/aromatic N) is 1. The highest BCUT2D eigenvalue weighted by atomic mass is 19.1. The van der Waals surface area contributed by atoms with Crippen LogP contribution in [0.2, 0.25) is 0 Å². The number of halogens is 2. The van der Waals surface area contributed by atoms with Crippen LogP contribution in [0.25, 0.3) is 10.9 Å². The van der Waals surface area contributed by atoms with Crippen LogP contribution in [0.3, 0.4) is 0 Å². The van der Waals surface area contributed by atoms with Gasteiger partial charge in [0.15, 0.2) is 11.5 Å². The molecule has 4 aromatic rings. The van der Waals surface area contributed by atoms with Crippen LogP contribution in [0.4, 0.5) is 14.5 Å².